The number of aromatic nitrogens is 1. The summed E-state index contributed by atoms with van der Waals surface area (Å²) in [6.07, 6.45) is 4.73. The Morgan fingerprint density at radius 1 is 1.32 bits per heavy atom. The summed E-state index contributed by atoms with van der Waals surface area (Å²) in [4.78, 5) is 18.8. The monoisotopic (exact) mass is 322 g/mol. The lowest BCUT2D eigenvalue weighted by atomic mass is 10.0. The molecular formula is C16H22N2O3S. The van der Waals surface area contributed by atoms with Crippen LogP contribution in [0.15, 0.2) is 24.4 Å². The van der Waals surface area contributed by atoms with E-state index >= 15 is 0 Å². The Hall–Kier alpha value is -1.11. The van der Waals surface area contributed by atoms with Crippen LogP contribution in [0.5, 0.6) is 0 Å². The summed E-state index contributed by atoms with van der Waals surface area (Å²) in [6, 6.07) is 5.94. The Labute approximate surface area is 135 Å². The van der Waals surface area contributed by atoms with E-state index in [2.05, 4.69) is 4.98 Å². The number of likely N-dealkylation sites (tertiary alicyclic amines) is 1. The fraction of sp³-hybridized carbons (Fsp3) is 0.625. The molecule has 3 rings (SSSR count). The first-order valence-corrected chi connectivity index (χ1v) is 9.00. The van der Waals surface area contributed by atoms with Crippen LogP contribution in [0.4, 0.5) is 0 Å². The van der Waals surface area contributed by atoms with Crippen molar-refractivity contribution in [3.63, 3.8) is 0 Å². The van der Waals surface area contributed by atoms with Gasteiger partial charge in [-0.25, -0.2) is 0 Å². The predicted octanol–water partition coefficient (Wildman–Crippen LogP) is 2.07. The van der Waals surface area contributed by atoms with E-state index in [1.54, 1.807) is 18.0 Å². The van der Waals surface area contributed by atoms with Gasteiger partial charge < -0.3 is 14.4 Å². The maximum Gasteiger partial charge on any atom is 0.233 e. The van der Waals surface area contributed by atoms with Crippen LogP contribution in [0, 0.1) is 0 Å². The molecule has 6 heteroatoms. The van der Waals surface area contributed by atoms with Crippen molar-refractivity contribution in [2.45, 2.75) is 37.3 Å². The van der Waals surface area contributed by atoms with E-state index in [1.165, 1.54) is 0 Å². The lowest BCUT2D eigenvalue weighted by Crippen LogP contribution is -2.50. The van der Waals surface area contributed by atoms with E-state index in [4.69, 9.17) is 9.47 Å². The molecule has 5 nitrogen and oxygen atoms in total. The third-order valence-corrected chi connectivity index (χ3v) is 4.98. The molecule has 1 atom stereocenters. The number of hydrogen-bond acceptors (Lipinski definition) is 5. The largest absolute Gasteiger partial charge is 0.348 e. The van der Waals surface area contributed by atoms with Crippen LogP contribution in [0.3, 0.4) is 0 Å². The Bertz CT molecular complexity index is 480. The zero-order chi connectivity index (χ0) is 15.2. The number of piperidine rings is 1. The minimum atomic E-state index is -0.231. The van der Waals surface area contributed by atoms with Crippen LogP contribution in [-0.4, -0.2) is 53.6 Å². The van der Waals surface area contributed by atoms with E-state index < -0.39 is 0 Å². The average molecular weight is 322 g/mol. The number of carbonyl (C=O) groups excluding carboxylic acids is 1. The van der Waals surface area contributed by atoms with Gasteiger partial charge in [-0.3, -0.25) is 9.78 Å². The minimum absolute atomic E-state index is 0.0826. The first-order valence-electron chi connectivity index (χ1n) is 7.85. The van der Waals surface area contributed by atoms with Gasteiger partial charge in [0, 0.05) is 18.5 Å². The lowest BCUT2D eigenvalue weighted by Gasteiger charge is -2.38. The summed E-state index contributed by atoms with van der Waals surface area (Å²) in [5.41, 5.74) is 1.01. The molecule has 1 unspecified atom stereocenters. The standard InChI is InChI=1S/C16H22N2O3S/c19-15(12-22-11-13-5-1-3-7-17-13)18-8-4-2-6-14(18)16-20-9-10-21-16/h1,3,5,7,14,16H,2,4,6,8-12H2. The van der Waals surface area contributed by atoms with Gasteiger partial charge in [-0.05, 0) is 31.4 Å². The highest BCUT2D eigenvalue weighted by Crippen LogP contribution is 2.25. The van der Waals surface area contributed by atoms with Crippen molar-refractivity contribution in [1.82, 2.24) is 9.88 Å². The number of nitrogens with zero attached hydrogens (tertiary/aromatic N) is 2. The van der Waals surface area contributed by atoms with Crippen LogP contribution < -0.4 is 0 Å². The molecule has 1 aromatic rings. The van der Waals surface area contributed by atoms with Crippen molar-refractivity contribution in [3.8, 4) is 0 Å². The summed E-state index contributed by atoms with van der Waals surface area (Å²) < 4.78 is 11.2. The van der Waals surface area contributed by atoms with Gasteiger partial charge in [-0.2, -0.15) is 0 Å². The molecule has 0 N–H and O–H groups in total. The molecule has 1 aromatic heterocycles. The average Bonchev–Trinajstić information content (AvgIpc) is 3.10. The van der Waals surface area contributed by atoms with Crippen molar-refractivity contribution < 1.29 is 14.3 Å². The molecule has 2 aliphatic rings. The fourth-order valence-electron chi connectivity index (χ4n) is 2.96. The van der Waals surface area contributed by atoms with Crippen molar-refractivity contribution in [1.29, 1.82) is 0 Å². The summed E-state index contributed by atoms with van der Waals surface area (Å²) >= 11 is 1.62. The lowest BCUT2D eigenvalue weighted by molar-refractivity contribution is -0.148. The highest BCUT2D eigenvalue weighted by Gasteiger charge is 2.35. The van der Waals surface area contributed by atoms with Gasteiger partial charge in [-0.15, -0.1) is 11.8 Å². The maximum atomic E-state index is 12.5. The normalized spacial score (nSPS) is 22.9. The van der Waals surface area contributed by atoms with E-state index in [-0.39, 0.29) is 18.2 Å². The van der Waals surface area contributed by atoms with Gasteiger partial charge in [0.15, 0.2) is 6.29 Å². The smallest absolute Gasteiger partial charge is 0.233 e. The summed E-state index contributed by atoms with van der Waals surface area (Å²) in [7, 11) is 0. The third-order valence-electron chi connectivity index (χ3n) is 4.03. The topological polar surface area (TPSA) is 51.7 Å². The first kappa shape index (κ1) is 15.8. The second-order valence-electron chi connectivity index (χ2n) is 5.57. The molecule has 0 spiro atoms. The quantitative estimate of drug-likeness (QED) is 0.831. The second-order valence-corrected chi connectivity index (χ2v) is 6.56. The number of amides is 1. The van der Waals surface area contributed by atoms with Crippen molar-refractivity contribution in [3.05, 3.63) is 30.1 Å². The second kappa shape index (κ2) is 7.94. The van der Waals surface area contributed by atoms with Gasteiger partial charge in [0.05, 0.1) is 30.7 Å². The van der Waals surface area contributed by atoms with Crippen LogP contribution in [0.1, 0.15) is 25.0 Å². The molecule has 0 radical (unpaired) electrons. The molecule has 0 aliphatic carbocycles. The molecular weight excluding hydrogens is 300 g/mol. The minimum Gasteiger partial charge on any atom is -0.348 e. The van der Waals surface area contributed by atoms with Crippen LogP contribution in [0.2, 0.25) is 0 Å². The molecule has 0 aromatic carbocycles. The third kappa shape index (κ3) is 4.00. The number of carbonyl (C=O) groups is 1. The Morgan fingerprint density at radius 3 is 2.95 bits per heavy atom. The van der Waals surface area contributed by atoms with Gasteiger partial charge >= 0.3 is 0 Å². The van der Waals surface area contributed by atoms with Crippen LogP contribution in [-0.2, 0) is 20.0 Å². The van der Waals surface area contributed by atoms with Gasteiger partial charge in [0.25, 0.3) is 0 Å². The Balaban J connectivity index is 1.51. The first-order chi connectivity index (χ1) is 10.8. The van der Waals surface area contributed by atoms with E-state index in [9.17, 15) is 4.79 Å². The molecule has 120 valence electrons. The van der Waals surface area contributed by atoms with Crippen LogP contribution >= 0.6 is 11.8 Å². The highest BCUT2D eigenvalue weighted by atomic mass is 32.2. The molecule has 0 saturated carbocycles. The zero-order valence-corrected chi connectivity index (χ0v) is 13.5. The summed E-state index contributed by atoms with van der Waals surface area (Å²) in [5.74, 6) is 1.44. The maximum absolute atomic E-state index is 12.5. The van der Waals surface area contributed by atoms with Crippen molar-refractivity contribution in [2.75, 3.05) is 25.5 Å². The molecule has 2 aliphatic heterocycles. The number of pyridine rings is 1. The van der Waals surface area contributed by atoms with Crippen molar-refractivity contribution >= 4 is 17.7 Å². The number of rotatable bonds is 5. The SMILES string of the molecule is O=C(CSCc1ccccn1)N1CCCCC1C1OCCO1. The summed E-state index contributed by atoms with van der Waals surface area (Å²) in [5, 5.41) is 0. The van der Waals surface area contributed by atoms with E-state index in [1.807, 2.05) is 23.1 Å². The zero-order valence-electron chi connectivity index (χ0n) is 12.6. The van der Waals surface area contributed by atoms with Gasteiger partial charge in [0.2, 0.25) is 5.91 Å². The molecule has 0 bridgehead atoms. The number of ether oxygens (including phenoxy) is 2. The van der Waals surface area contributed by atoms with E-state index in [0.29, 0.717) is 19.0 Å². The van der Waals surface area contributed by atoms with Crippen LogP contribution in [0.25, 0.3) is 0 Å². The molecule has 3 heterocycles. The summed E-state index contributed by atoms with van der Waals surface area (Å²) in [6.45, 7) is 2.09. The predicted molar refractivity (Wildman–Crippen MR) is 85.4 cm³/mol. The molecule has 2 fully saturated rings. The molecule has 22 heavy (non-hydrogen) atoms. The molecule has 2 saturated heterocycles. The highest BCUT2D eigenvalue weighted by molar-refractivity contribution is 7.99. The Kier molecular flexibility index (Phi) is 5.70. The number of hydrogen-bond donors (Lipinski definition) is 0. The Morgan fingerprint density at radius 2 is 2.18 bits per heavy atom. The van der Waals surface area contributed by atoms with E-state index in [0.717, 1.165) is 37.3 Å². The number of thioether (sulfide) groups is 1. The molecule has 1 amide bonds. The van der Waals surface area contributed by atoms with Gasteiger partial charge in [0.1, 0.15) is 0 Å². The van der Waals surface area contributed by atoms with Gasteiger partial charge in [-0.1, -0.05) is 6.07 Å². The van der Waals surface area contributed by atoms with Crippen molar-refractivity contribution in [2.24, 2.45) is 0 Å². The fourth-order valence-corrected chi connectivity index (χ4v) is 3.78.